The van der Waals surface area contributed by atoms with Crippen LogP contribution in [0.25, 0.3) is 0 Å². The molecule has 0 fully saturated rings. The van der Waals surface area contributed by atoms with E-state index in [-0.39, 0.29) is 0 Å². The molecule has 0 spiro atoms. The zero-order valence-corrected chi connectivity index (χ0v) is 12.2. The van der Waals surface area contributed by atoms with Crippen molar-refractivity contribution < 1.29 is 0 Å². The molecule has 8 heavy (non-hydrogen) atoms. The van der Waals surface area contributed by atoms with Gasteiger partial charge in [0, 0.05) is 0 Å². The molecule has 0 heterocycles. The Kier molecular flexibility index (Phi) is 4.61. The van der Waals surface area contributed by atoms with Crippen LogP contribution in [0.3, 0.4) is 0 Å². The molecule has 6 heteroatoms. The first kappa shape index (κ1) is 10.8. The lowest BCUT2D eigenvalue weighted by molar-refractivity contribution is 1.32. The van der Waals surface area contributed by atoms with Crippen LogP contribution in [0.4, 0.5) is 0 Å². The van der Waals surface area contributed by atoms with Crippen molar-refractivity contribution >= 4 is 92.3 Å². The van der Waals surface area contributed by atoms with E-state index in [1.54, 1.807) is 0 Å². The summed E-state index contributed by atoms with van der Waals surface area (Å²) in [5.74, 6) is 0. The van der Waals surface area contributed by atoms with Crippen molar-refractivity contribution in [2.75, 3.05) is 0 Å². The standard InChI is InChI=1S/C2HBr5S/c3-1(4,5)2(6,7)8/h8H. The van der Waals surface area contributed by atoms with Crippen LogP contribution in [0, 0.1) is 0 Å². The van der Waals surface area contributed by atoms with Crippen molar-refractivity contribution in [3.8, 4) is 0 Å². The normalized spacial score (nSPS) is 14.2. The molecule has 0 aromatic carbocycles. The van der Waals surface area contributed by atoms with Crippen LogP contribution in [0.5, 0.6) is 0 Å². The summed E-state index contributed by atoms with van der Waals surface area (Å²) < 4.78 is -0.921. The highest BCUT2D eigenvalue weighted by atomic mass is 80.0. The van der Waals surface area contributed by atoms with Crippen molar-refractivity contribution in [3.05, 3.63) is 0 Å². The Hall–Kier alpha value is 2.75. The second kappa shape index (κ2) is 3.43. The molecule has 0 aromatic heterocycles. The van der Waals surface area contributed by atoms with E-state index in [9.17, 15) is 0 Å². The van der Waals surface area contributed by atoms with E-state index in [0.717, 1.165) is 0 Å². The van der Waals surface area contributed by atoms with Gasteiger partial charge in [0.25, 0.3) is 0 Å². The second-order valence-corrected chi connectivity index (χ2v) is 13.1. The highest BCUT2D eigenvalue weighted by Crippen LogP contribution is 2.54. The fourth-order valence-electron chi connectivity index (χ4n) is 0. The highest BCUT2D eigenvalue weighted by molar-refractivity contribution is 9.42. The van der Waals surface area contributed by atoms with Crippen LogP contribution in [0.15, 0.2) is 0 Å². The molecule has 0 radical (unpaired) electrons. The molecule has 0 aliphatic carbocycles. The fraction of sp³-hybridized carbons (Fsp3) is 1.00. The Morgan fingerprint density at radius 1 is 0.875 bits per heavy atom. The maximum absolute atomic E-state index is 4.13. The van der Waals surface area contributed by atoms with Crippen molar-refractivity contribution in [1.82, 2.24) is 0 Å². The van der Waals surface area contributed by atoms with Crippen LogP contribution in [-0.2, 0) is 0 Å². The first-order valence-electron chi connectivity index (χ1n) is 1.42. The molecule has 0 nitrogen and oxygen atoms in total. The summed E-state index contributed by atoms with van der Waals surface area (Å²) >= 11 is 20.4. The predicted octanol–water partition coefficient (Wildman–Crippen LogP) is 4.20. The molecule has 0 bridgehead atoms. The molecule has 0 aliphatic heterocycles. The largest absolute Gasteiger partial charge is 0.168 e. The van der Waals surface area contributed by atoms with Crippen molar-refractivity contribution in [2.45, 2.75) is 4.71 Å². The van der Waals surface area contributed by atoms with Gasteiger partial charge < -0.3 is 0 Å². The molecule has 0 unspecified atom stereocenters. The minimum absolute atomic E-state index is 0.427. The van der Waals surface area contributed by atoms with E-state index in [2.05, 4.69) is 92.3 Å². The van der Waals surface area contributed by atoms with Gasteiger partial charge in [-0.1, -0.05) is 79.6 Å². The van der Waals surface area contributed by atoms with Gasteiger partial charge in [0.2, 0.25) is 0 Å². The Morgan fingerprint density at radius 2 is 1.00 bits per heavy atom. The molecule has 0 aliphatic rings. The first-order chi connectivity index (χ1) is 3.25. The Bertz CT molecular complexity index is 65.4. The highest BCUT2D eigenvalue weighted by Gasteiger charge is 2.39. The van der Waals surface area contributed by atoms with E-state index in [1.807, 2.05) is 0 Å². The van der Waals surface area contributed by atoms with Crippen molar-refractivity contribution in [1.29, 1.82) is 0 Å². The number of halogens is 5. The van der Waals surface area contributed by atoms with E-state index in [0.29, 0.717) is 0 Å². The predicted molar refractivity (Wildman–Crippen MR) is 59.1 cm³/mol. The minimum atomic E-state index is -0.493. The summed E-state index contributed by atoms with van der Waals surface area (Å²) in [6.45, 7) is 0. The third-order valence-electron chi connectivity index (χ3n) is 0.341. The van der Waals surface area contributed by atoms with Crippen LogP contribution in [0.2, 0.25) is 0 Å². The summed E-state index contributed by atoms with van der Waals surface area (Å²) in [4.78, 5) is 0. The molecular formula is C2HBr5S. The van der Waals surface area contributed by atoms with Gasteiger partial charge in [0.15, 0.2) is 4.71 Å². The van der Waals surface area contributed by atoms with Crippen molar-refractivity contribution in [2.24, 2.45) is 0 Å². The minimum Gasteiger partial charge on any atom is -0.147 e. The molecule has 0 atom stereocenters. The molecule has 0 rings (SSSR count). The zero-order chi connectivity index (χ0) is 7.00. The van der Waals surface area contributed by atoms with Gasteiger partial charge in [-0.2, -0.15) is 0 Å². The molecule has 0 saturated heterocycles. The average Bonchev–Trinajstić information content (AvgIpc) is 1.25. The van der Waals surface area contributed by atoms with Gasteiger partial charge in [-0.3, -0.25) is 0 Å². The number of thiol groups is 1. The summed E-state index contributed by atoms with van der Waals surface area (Å²) in [5.41, 5.74) is 0. The molecule has 0 aromatic rings. The lowest BCUT2D eigenvalue weighted by Crippen LogP contribution is -2.20. The third kappa shape index (κ3) is 3.81. The van der Waals surface area contributed by atoms with Crippen LogP contribution < -0.4 is 0 Å². The number of hydrogen-bond acceptors (Lipinski definition) is 1. The maximum atomic E-state index is 4.13. The summed E-state index contributed by atoms with van der Waals surface area (Å²) in [6.07, 6.45) is 0. The topological polar surface area (TPSA) is 0 Å². The summed E-state index contributed by atoms with van der Waals surface area (Å²) in [5, 5.41) is 0. The SMILES string of the molecule is SC(Br)(Br)C(Br)(Br)Br. The molecule has 0 N–H and O–H groups in total. The maximum Gasteiger partial charge on any atom is 0.168 e. The summed E-state index contributed by atoms with van der Waals surface area (Å²) in [7, 11) is 0. The second-order valence-electron chi connectivity index (χ2n) is 1.04. The quantitative estimate of drug-likeness (QED) is 0.410. The molecule has 0 saturated carbocycles. The first-order valence-corrected chi connectivity index (χ1v) is 5.83. The average molecular weight is 457 g/mol. The van der Waals surface area contributed by atoms with Gasteiger partial charge in [0.05, 0.1) is 0 Å². The van der Waals surface area contributed by atoms with Gasteiger partial charge in [-0.05, 0) is 0 Å². The van der Waals surface area contributed by atoms with E-state index < -0.39 is 4.71 Å². The van der Waals surface area contributed by atoms with E-state index >= 15 is 0 Å². The number of alkyl halides is 5. The molecule has 0 amide bonds. The monoisotopic (exact) mass is 452 g/mol. The molecular weight excluding hydrogens is 456 g/mol. The van der Waals surface area contributed by atoms with E-state index in [4.69, 9.17) is 0 Å². The van der Waals surface area contributed by atoms with Gasteiger partial charge in [-0.15, -0.1) is 12.6 Å². The smallest absolute Gasteiger partial charge is 0.147 e. The van der Waals surface area contributed by atoms with Crippen LogP contribution in [0.1, 0.15) is 0 Å². The van der Waals surface area contributed by atoms with Gasteiger partial charge in [0.1, 0.15) is 0 Å². The lowest BCUT2D eigenvalue weighted by atomic mass is 11.0. The van der Waals surface area contributed by atoms with Crippen LogP contribution >= 0.6 is 92.3 Å². The number of rotatable bonds is 0. The summed E-state index contributed by atoms with van der Waals surface area (Å²) in [6, 6.07) is 0. The van der Waals surface area contributed by atoms with E-state index in [1.165, 1.54) is 0 Å². The van der Waals surface area contributed by atoms with Crippen molar-refractivity contribution in [3.63, 3.8) is 0 Å². The van der Waals surface area contributed by atoms with Gasteiger partial charge in [-0.25, -0.2) is 0 Å². The Morgan fingerprint density at radius 3 is 1.00 bits per heavy atom. The lowest BCUT2D eigenvalue weighted by Gasteiger charge is -2.23. The number of hydrogen-bond donors (Lipinski definition) is 1. The molecule has 50 valence electrons. The zero-order valence-electron chi connectivity index (χ0n) is 3.34. The Balaban J connectivity index is 4.02. The third-order valence-corrected chi connectivity index (χ3v) is 7.76. The fourth-order valence-corrected chi connectivity index (χ4v) is 0. The van der Waals surface area contributed by atoms with Crippen LogP contribution in [-0.4, -0.2) is 4.71 Å². The Labute approximate surface area is 95.6 Å². The van der Waals surface area contributed by atoms with Gasteiger partial charge >= 0.3 is 0 Å².